The first kappa shape index (κ1) is 22.2. The third-order valence-electron chi connectivity index (χ3n) is 5.69. The van der Waals surface area contributed by atoms with Gasteiger partial charge in [0.05, 0.1) is 19.3 Å². The summed E-state index contributed by atoms with van der Waals surface area (Å²) in [5.74, 6) is -2.98. The summed E-state index contributed by atoms with van der Waals surface area (Å²) in [5.41, 5.74) is 3.10. The van der Waals surface area contributed by atoms with Crippen LogP contribution in [0.1, 0.15) is 38.7 Å². The lowest BCUT2D eigenvalue weighted by atomic mass is 9.69. The molecule has 1 heterocycles. The van der Waals surface area contributed by atoms with Crippen molar-refractivity contribution in [3.8, 4) is 0 Å². The van der Waals surface area contributed by atoms with Gasteiger partial charge in [-0.1, -0.05) is 19.1 Å². The largest absolute Gasteiger partial charge is 0.468 e. The van der Waals surface area contributed by atoms with Crippen LogP contribution in [0, 0.1) is 11.8 Å². The molecule has 1 aliphatic carbocycles. The number of methoxy groups -OCH3 is 1. The van der Waals surface area contributed by atoms with Crippen LogP contribution in [0.3, 0.4) is 0 Å². The Morgan fingerprint density at radius 1 is 1.23 bits per heavy atom. The SMILES string of the molecule is CCOC(=O)C1=C(C)NC2=C(C(=O)[C@@H](C(=O)OC)[C@@H](C)C2)[C@@H]1c1ccc(SC)cc1. The molecular formula is C23H27NO5S. The molecule has 7 heteroatoms. The smallest absolute Gasteiger partial charge is 0.336 e. The van der Waals surface area contributed by atoms with Gasteiger partial charge in [-0.25, -0.2) is 4.79 Å². The molecule has 0 fully saturated rings. The van der Waals surface area contributed by atoms with Crippen molar-refractivity contribution in [2.24, 2.45) is 11.8 Å². The van der Waals surface area contributed by atoms with E-state index in [0.29, 0.717) is 23.3 Å². The maximum atomic E-state index is 13.5. The van der Waals surface area contributed by atoms with E-state index in [1.807, 2.05) is 44.4 Å². The highest BCUT2D eigenvalue weighted by Crippen LogP contribution is 2.45. The molecule has 1 N–H and O–H groups in total. The summed E-state index contributed by atoms with van der Waals surface area (Å²) in [7, 11) is 1.29. The monoisotopic (exact) mass is 429 g/mol. The second kappa shape index (κ2) is 9.08. The van der Waals surface area contributed by atoms with E-state index in [1.165, 1.54) is 7.11 Å². The number of Topliss-reactive ketones (excluding diaryl/α,β-unsaturated/α-hetero) is 1. The molecular weight excluding hydrogens is 402 g/mol. The number of nitrogens with one attached hydrogen (secondary N) is 1. The predicted octanol–water partition coefficient (Wildman–Crippen LogP) is 3.58. The molecule has 1 aromatic carbocycles. The second-order valence-corrected chi connectivity index (χ2v) is 8.41. The average molecular weight is 430 g/mol. The first-order chi connectivity index (χ1) is 14.3. The summed E-state index contributed by atoms with van der Waals surface area (Å²) >= 11 is 1.61. The zero-order valence-electron chi connectivity index (χ0n) is 17.9. The number of ketones is 1. The third kappa shape index (κ3) is 3.90. The van der Waals surface area contributed by atoms with Crippen molar-refractivity contribution < 1.29 is 23.9 Å². The molecule has 0 amide bonds. The van der Waals surface area contributed by atoms with Gasteiger partial charge in [-0.2, -0.15) is 0 Å². The number of thioether (sulfide) groups is 1. The molecule has 0 saturated carbocycles. The second-order valence-electron chi connectivity index (χ2n) is 7.53. The van der Waals surface area contributed by atoms with Crippen LogP contribution in [0.2, 0.25) is 0 Å². The quantitative estimate of drug-likeness (QED) is 0.435. The number of dihydropyridines is 1. The van der Waals surface area contributed by atoms with E-state index < -0.39 is 23.8 Å². The van der Waals surface area contributed by atoms with Crippen molar-refractivity contribution in [2.45, 2.75) is 38.0 Å². The fraction of sp³-hybridized carbons (Fsp3) is 0.435. The Morgan fingerprint density at radius 3 is 2.47 bits per heavy atom. The van der Waals surface area contributed by atoms with E-state index in [9.17, 15) is 14.4 Å². The standard InChI is InChI=1S/C23H27NO5S/c1-6-29-23(27)18-13(3)24-16-11-12(2)17(22(26)28-4)21(25)20(16)19(18)14-7-9-15(30-5)10-8-14/h7-10,12,17,19,24H,6,11H2,1-5H3/t12-,17-,19+/m0/s1. The molecule has 1 aromatic rings. The normalized spacial score (nSPS) is 23.6. The van der Waals surface area contributed by atoms with Gasteiger partial charge in [-0.3, -0.25) is 9.59 Å². The molecule has 0 aromatic heterocycles. The molecule has 0 saturated heterocycles. The van der Waals surface area contributed by atoms with Crippen molar-refractivity contribution in [1.29, 1.82) is 0 Å². The highest BCUT2D eigenvalue weighted by atomic mass is 32.2. The Balaban J connectivity index is 2.17. The van der Waals surface area contributed by atoms with Gasteiger partial charge < -0.3 is 14.8 Å². The highest BCUT2D eigenvalue weighted by Gasteiger charge is 2.47. The van der Waals surface area contributed by atoms with Gasteiger partial charge in [0.1, 0.15) is 5.92 Å². The maximum absolute atomic E-state index is 13.5. The van der Waals surface area contributed by atoms with Gasteiger partial charge in [-0.15, -0.1) is 11.8 Å². The van der Waals surface area contributed by atoms with Crippen LogP contribution in [0.15, 0.2) is 51.7 Å². The van der Waals surface area contributed by atoms with E-state index >= 15 is 0 Å². The van der Waals surface area contributed by atoms with Crippen LogP contribution in [0.5, 0.6) is 0 Å². The van der Waals surface area contributed by atoms with Crippen molar-refractivity contribution in [3.05, 3.63) is 52.4 Å². The number of benzene rings is 1. The third-order valence-corrected chi connectivity index (χ3v) is 6.43. The Labute approximate surface area is 181 Å². The van der Waals surface area contributed by atoms with Gasteiger partial charge in [0.15, 0.2) is 5.78 Å². The Morgan fingerprint density at radius 2 is 1.90 bits per heavy atom. The molecule has 0 spiro atoms. The average Bonchev–Trinajstić information content (AvgIpc) is 2.72. The van der Waals surface area contributed by atoms with Gasteiger partial charge in [0.25, 0.3) is 0 Å². The topological polar surface area (TPSA) is 81.7 Å². The minimum atomic E-state index is -0.884. The summed E-state index contributed by atoms with van der Waals surface area (Å²) in [6, 6.07) is 7.79. The number of ether oxygens (including phenoxy) is 2. The van der Waals surface area contributed by atoms with Crippen molar-refractivity contribution in [1.82, 2.24) is 5.32 Å². The number of carbonyl (C=O) groups is 3. The molecule has 2 aliphatic rings. The van der Waals surface area contributed by atoms with Crippen LogP contribution >= 0.6 is 11.8 Å². The van der Waals surface area contributed by atoms with Gasteiger partial charge in [-0.05, 0) is 50.1 Å². The molecule has 160 valence electrons. The first-order valence-corrected chi connectivity index (χ1v) is 11.2. The molecule has 1 aliphatic heterocycles. The minimum absolute atomic E-state index is 0.201. The van der Waals surface area contributed by atoms with Crippen LogP contribution in [-0.2, 0) is 23.9 Å². The number of allylic oxidation sites excluding steroid dienone is 3. The molecule has 30 heavy (non-hydrogen) atoms. The molecule has 0 unspecified atom stereocenters. The van der Waals surface area contributed by atoms with Crippen LogP contribution in [0.4, 0.5) is 0 Å². The summed E-state index contributed by atoms with van der Waals surface area (Å²) in [6.07, 6.45) is 2.51. The Bertz CT molecular complexity index is 931. The van der Waals surface area contributed by atoms with E-state index in [2.05, 4.69) is 5.32 Å². The lowest BCUT2D eigenvalue weighted by Gasteiger charge is -2.38. The van der Waals surface area contributed by atoms with Gasteiger partial charge >= 0.3 is 11.9 Å². The summed E-state index contributed by atoms with van der Waals surface area (Å²) in [6.45, 7) is 5.67. The summed E-state index contributed by atoms with van der Waals surface area (Å²) < 4.78 is 10.2. The number of hydrogen-bond acceptors (Lipinski definition) is 7. The van der Waals surface area contributed by atoms with Gasteiger partial charge in [0, 0.05) is 27.8 Å². The molecule has 3 atom stereocenters. The number of rotatable bonds is 5. The van der Waals surface area contributed by atoms with E-state index in [4.69, 9.17) is 9.47 Å². The zero-order chi connectivity index (χ0) is 22.0. The fourth-order valence-electron chi connectivity index (χ4n) is 4.29. The minimum Gasteiger partial charge on any atom is -0.468 e. The molecule has 6 nitrogen and oxygen atoms in total. The zero-order valence-corrected chi connectivity index (χ0v) is 18.7. The Kier molecular flexibility index (Phi) is 6.71. The van der Waals surface area contributed by atoms with Gasteiger partial charge in [0.2, 0.25) is 0 Å². The number of esters is 2. The molecule has 0 bridgehead atoms. The summed E-state index contributed by atoms with van der Waals surface area (Å²) in [4.78, 5) is 39.9. The number of carbonyl (C=O) groups excluding carboxylic acids is 3. The summed E-state index contributed by atoms with van der Waals surface area (Å²) in [5, 5.41) is 3.25. The number of hydrogen-bond donors (Lipinski definition) is 1. The lowest BCUT2D eigenvalue weighted by molar-refractivity contribution is -0.151. The van der Waals surface area contributed by atoms with Crippen molar-refractivity contribution >= 4 is 29.5 Å². The van der Waals surface area contributed by atoms with E-state index in [-0.39, 0.29) is 18.3 Å². The highest BCUT2D eigenvalue weighted by molar-refractivity contribution is 7.98. The fourth-order valence-corrected chi connectivity index (χ4v) is 4.70. The van der Waals surface area contributed by atoms with Crippen molar-refractivity contribution in [3.63, 3.8) is 0 Å². The Hall–Kier alpha value is -2.54. The first-order valence-electron chi connectivity index (χ1n) is 9.97. The molecule has 3 rings (SSSR count). The van der Waals surface area contributed by atoms with E-state index in [1.54, 1.807) is 18.7 Å². The molecule has 0 radical (unpaired) electrons. The lowest BCUT2D eigenvalue weighted by Crippen LogP contribution is -2.43. The van der Waals surface area contributed by atoms with Crippen LogP contribution < -0.4 is 5.32 Å². The maximum Gasteiger partial charge on any atom is 0.336 e. The van der Waals surface area contributed by atoms with Crippen molar-refractivity contribution in [2.75, 3.05) is 20.0 Å². The predicted molar refractivity (Wildman–Crippen MR) is 115 cm³/mol. The van der Waals surface area contributed by atoms with Crippen LogP contribution in [0.25, 0.3) is 0 Å². The van der Waals surface area contributed by atoms with Crippen LogP contribution in [-0.4, -0.2) is 37.7 Å². The van der Waals surface area contributed by atoms with E-state index in [0.717, 1.165) is 16.2 Å².